The van der Waals surface area contributed by atoms with Gasteiger partial charge in [0.25, 0.3) is 0 Å². The van der Waals surface area contributed by atoms with Gasteiger partial charge < -0.3 is 0 Å². The molecule has 0 atom stereocenters. The lowest BCUT2D eigenvalue weighted by atomic mass is 10.1. The van der Waals surface area contributed by atoms with Gasteiger partial charge in [0.05, 0.1) is 33.2 Å². The molecule has 232 valence electrons. The van der Waals surface area contributed by atoms with Crippen LogP contribution in [0.5, 0.6) is 0 Å². The smallest absolute Gasteiger partial charge is 0.132 e. The highest BCUT2D eigenvalue weighted by molar-refractivity contribution is 7.29. The molecule has 0 unspecified atom stereocenters. The van der Waals surface area contributed by atoms with E-state index in [0.717, 1.165) is 64.1 Å². The maximum Gasteiger partial charge on any atom is 0.132 e. The quantitative estimate of drug-likeness (QED) is 0.156. The van der Waals surface area contributed by atoms with Crippen molar-refractivity contribution in [3.8, 4) is 71.3 Å². The van der Waals surface area contributed by atoms with Crippen LogP contribution in [0.25, 0.3) is 93.4 Å². The Morgan fingerprint density at radius 3 is 1.39 bits per heavy atom. The molecule has 0 aliphatic carbocycles. The molecule has 11 heterocycles. The zero-order chi connectivity index (χ0) is 32.1. The molecule has 0 saturated heterocycles. The van der Waals surface area contributed by atoms with Gasteiger partial charge in [-0.3, -0.25) is 9.97 Å². The Hall–Kier alpha value is -3.64. The van der Waals surface area contributed by atoms with E-state index in [2.05, 4.69) is 71.4 Å². The average Bonchev–Trinajstić information content (AvgIpc) is 3.96. The van der Waals surface area contributed by atoms with E-state index in [1.807, 2.05) is 12.4 Å². The molecule has 15 heteroatoms. The van der Waals surface area contributed by atoms with Crippen LogP contribution in [0.15, 0.2) is 83.8 Å². The van der Waals surface area contributed by atoms with Gasteiger partial charge >= 0.3 is 0 Å². The Kier molecular flexibility index (Phi) is 6.80. The molecule has 11 rings (SSSR count). The second-order valence-corrected chi connectivity index (χ2v) is 19.6. The highest BCUT2D eigenvalue weighted by Crippen LogP contribution is 2.45. The second kappa shape index (κ2) is 11.4. The van der Waals surface area contributed by atoms with Crippen molar-refractivity contribution in [3.05, 3.63) is 83.8 Å². The minimum atomic E-state index is 0.589. The average molecular weight is 791 g/mol. The summed E-state index contributed by atoms with van der Waals surface area (Å²) < 4.78 is 19.0. The van der Waals surface area contributed by atoms with Gasteiger partial charge in [-0.2, -0.15) is 17.5 Å². The molecule has 49 heavy (non-hydrogen) atoms. The highest BCUT2D eigenvalue weighted by atomic mass is 32.1. The van der Waals surface area contributed by atoms with Crippen LogP contribution in [0.3, 0.4) is 0 Å². The van der Waals surface area contributed by atoms with Crippen LogP contribution in [0.4, 0.5) is 0 Å². The lowest BCUT2D eigenvalue weighted by Crippen LogP contribution is -2.18. The first-order chi connectivity index (χ1) is 24.2. The standard InChI is InChI=1S/C34H14N6S8Si/c1-3-19(41-9-1)21-7-5-17(43-21)15-13-35-29(31-27(15)37-47-39-31)23-11-25-33(45-23)34-26(49-25)12-24(46-34)30-32-28(38-48-40-32)16(14-36-30)18-6-8-22(44-18)20-4-2-10-42-20/h1-14H. The van der Waals surface area contributed by atoms with Crippen LogP contribution >= 0.6 is 91.5 Å². The molecular weight excluding hydrogens is 777 g/mol. The molecule has 0 saturated carbocycles. The Balaban J connectivity index is 0.930. The Morgan fingerprint density at radius 1 is 0.449 bits per heavy atom. The molecular formula is C34H14N6S8Si. The molecule has 1 aliphatic heterocycles. The van der Waals surface area contributed by atoms with Gasteiger partial charge in [-0.05, 0) is 69.7 Å². The molecule has 0 bridgehead atoms. The summed E-state index contributed by atoms with van der Waals surface area (Å²) in [5, 5.41) is 6.98. The first kappa shape index (κ1) is 29.1. The third-order valence-electron chi connectivity index (χ3n) is 8.26. The number of thiophene rings is 6. The molecule has 6 nitrogen and oxygen atoms in total. The van der Waals surface area contributed by atoms with Crippen LogP contribution < -0.4 is 10.4 Å². The minimum absolute atomic E-state index is 0.589. The summed E-state index contributed by atoms with van der Waals surface area (Å²) in [5.41, 5.74) is 7.50. The molecule has 10 aromatic heterocycles. The largest absolute Gasteiger partial charge is 0.252 e. The summed E-state index contributed by atoms with van der Waals surface area (Å²) in [6.45, 7) is 0. The van der Waals surface area contributed by atoms with Crippen LogP contribution in [0.1, 0.15) is 0 Å². The van der Waals surface area contributed by atoms with E-state index in [1.165, 1.54) is 63.1 Å². The summed E-state index contributed by atoms with van der Waals surface area (Å²) in [5.74, 6) is 0. The fourth-order valence-electron chi connectivity index (χ4n) is 6.02. The fraction of sp³-hybridized carbons (Fsp3) is 0. The third-order valence-corrected chi connectivity index (χ3v) is 17.8. The van der Waals surface area contributed by atoms with Gasteiger partial charge in [-0.1, -0.05) is 12.1 Å². The lowest BCUT2D eigenvalue weighted by Gasteiger charge is -2.03. The van der Waals surface area contributed by atoms with Crippen LogP contribution in [0, 0.1) is 0 Å². The summed E-state index contributed by atoms with van der Waals surface area (Å²) in [6, 6.07) is 21.9. The summed E-state index contributed by atoms with van der Waals surface area (Å²) >= 11 is 13.2. The number of hydrogen-bond acceptors (Lipinski definition) is 14. The van der Waals surface area contributed by atoms with Crippen molar-refractivity contribution in [2.75, 3.05) is 0 Å². The Morgan fingerprint density at radius 2 is 0.918 bits per heavy atom. The topological polar surface area (TPSA) is 77.3 Å². The predicted octanol–water partition coefficient (Wildman–Crippen LogP) is 10.5. The van der Waals surface area contributed by atoms with Gasteiger partial charge in [0, 0.05) is 62.5 Å². The summed E-state index contributed by atoms with van der Waals surface area (Å²) in [4.78, 5) is 22.3. The molecule has 0 N–H and O–H groups in total. The fourth-order valence-corrected chi connectivity index (χ4v) is 15.3. The van der Waals surface area contributed by atoms with E-state index in [0.29, 0.717) is 9.52 Å². The molecule has 0 spiro atoms. The van der Waals surface area contributed by atoms with Crippen molar-refractivity contribution >= 4 is 133 Å². The lowest BCUT2D eigenvalue weighted by molar-refractivity contribution is 1.36. The summed E-state index contributed by atoms with van der Waals surface area (Å²) in [7, 11) is 0.589. The van der Waals surface area contributed by atoms with Crippen molar-refractivity contribution in [1.29, 1.82) is 0 Å². The molecule has 1 aliphatic rings. The highest BCUT2D eigenvalue weighted by Gasteiger charge is 2.29. The predicted molar refractivity (Wildman–Crippen MR) is 214 cm³/mol. The number of aromatic nitrogens is 6. The zero-order valence-corrected chi connectivity index (χ0v) is 32.1. The van der Waals surface area contributed by atoms with Crippen LogP contribution in [-0.2, 0) is 0 Å². The minimum Gasteiger partial charge on any atom is -0.252 e. The van der Waals surface area contributed by atoms with Crippen molar-refractivity contribution in [2.24, 2.45) is 0 Å². The number of fused-ring (bicyclic) bond motifs is 5. The summed E-state index contributed by atoms with van der Waals surface area (Å²) in [6.07, 6.45) is 3.96. The van der Waals surface area contributed by atoms with Gasteiger partial charge in [0.15, 0.2) is 0 Å². The first-order valence-corrected chi connectivity index (χ1v) is 22.3. The van der Waals surface area contributed by atoms with Crippen LogP contribution in [0.2, 0.25) is 0 Å². The molecule has 0 fully saturated rings. The molecule has 0 amide bonds. The first-order valence-electron chi connectivity index (χ1n) is 14.8. The molecule has 10 aromatic rings. The Labute approximate surface area is 313 Å². The zero-order valence-electron chi connectivity index (χ0n) is 24.5. The van der Waals surface area contributed by atoms with Crippen molar-refractivity contribution in [1.82, 2.24) is 27.5 Å². The van der Waals surface area contributed by atoms with E-state index in [-0.39, 0.29) is 0 Å². The van der Waals surface area contributed by atoms with E-state index < -0.39 is 0 Å². The number of hydrogen-bond donors (Lipinski definition) is 0. The second-order valence-electron chi connectivity index (χ2n) is 11.1. The van der Waals surface area contributed by atoms with Crippen molar-refractivity contribution in [2.45, 2.75) is 0 Å². The maximum atomic E-state index is 5.00. The normalized spacial score (nSPS) is 12.4. The van der Waals surface area contributed by atoms with Crippen molar-refractivity contribution < 1.29 is 0 Å². The van der Waals surface area contributed by atoms with Gasteiger partial charge in [0.1, 0.15) is 43.0 Å². The molecule has 0 aromatic carbocycles. The third kappa shape index (κ3) is 4.68. The van der Waals surface area contributed by atoms with Gasteiger partial charge in [-0.15, -0.1) is 68.0 Å². The van der Waals surface area contributed by atoms with Gasteiger partial charge in [0.2, 0.25) is 0 Å². The Bertz CT molecular complexity index is 2640. The number of pyridine rings is 2. The maximum absolute atomic E-state index is 5.00. The monoisotopic (exact) mass is 790 g/mol. The van der Waals surface area contributed by atoms with E-state index in [9.17, 15) is 0 Å². The molecule has 2 radical (unpaired) electrons. The van der Waals surface area contributed by atoms with E-state index in [1.54, 1.807) is 68.0 Å². The SMILES string of the molecule is c1csc(-c2ccc(-c3cnc(-c4cc5c(s4)-c4sc(-c6ncc(-c7ccc(-c8cccs8)s7)c7nsnc67)cc4[Si]5)c4nsnc34)s2)c1. The van der Waals surface area contributed by atoms with Crippen LogP contribution in [-0.4, -0.2) is 37.0 Å². The number of rotatable bonds is 6. The van der Waals surface area contributed by atoms with E-state index in [4.69, 9.17) is 27.5 Å². The van der Waals surface area contributed by atoms with Gasteiger partial charge in [-0.25, -0.2) is 0 Å². The number of nitrogens with zero attached hydrogens (tertiary/aromatic N) is 6. The van der Waals surface area contributed by atoms with E-state index >= 15 is 0 Å². The van der Waals surface area contributed by atoms with Crippen molar-refractivity contribution in [3.63, 3.8) is 0 Å².